The second-order valence-corrected chi connectivity index (χ2v) is 8.65. The number of anilines is 2. The third kappa shape index (κ3) is 5.05. The van der Waals surface area contributed by atoms with E-state index in [-0.39, 0.29) is 27.9 Å². The van der Waals surface area contributed by atoms with Crippen LogP contribution >= 0.6 is 0 Å². The van der Waals surface area contributed by atoms with Gasteiger partial charge in [0.15, 0.2) is 0 Å². The van der Waals surface area contributed by atoms with Crippen LogP contribution in [0.1, 0.15) is 11.1 Å². The van der Waals surface area contributed by atoms with Crippen LogP contribution in [0.3, 0.4) is 0 Å². The van der Waals surface area contributed by atoms with Gasteiger partial charge in [-0.2, -0.15) is 26.3 Å². The first kappa shape index (κ1) is 23.6. The molecule has 172 valence electrons. The Labute approximate surface area is 178 Å². The molecule has 0 unspecified atom stereocenters. The molecule has 0 saturated heterocycles. The third-order valence-corrected chi connectivity index (χ3v) is 5.83. The van der Waals surface area contributed by atoms with Gasteiger partial charge in [0.05, 0.1) is 28.0 Å². The number of alkyl halides is 6. The maximum absolute atomic E-state index is 13.2. The average Bonchev–Trinajstić information content (AvgIpc) is 3.12. The Morgan fingerprint density at radius 2 is 1.53 bits per heavy atom. The molecule has 0 atom stereocenters. The monoisotopic (exact) mass is 478 g/mol. The van der Waals surface area contributed by atoms with E-state index in [2.05, 4.69) is 15.0 Å². The van der Waals surface area contributed by atoms with E-state index in [1.165, 1.54) is 37.8 Å². The number of benzene rings is 2. The number of halogens is 6. The second kappa shape index (κ2) is 8.13. The van der Waals surface area contributed by atoms with Gasteiger partial charge in [-0.3, -0.25) is 0 Å². The summed E-state index contributed by atoms with van der Waals surface area (Å²) >= 11 is 0. The Kier molecular flexibility index (Phi) is 6.00. The van der Waals surface area contributed by atoms with E-state index in [1.807, 2.05) is 0 Å². The van der Waals surface area contributed by atoms with Crippen molar-refractivity contribution in [1.82, 2.24) is 14.3 Å². The lowest BCUT2D eigenvalue weighted by molar-refractivity contribution is -0.143. The maximum Gasteiger partial charge on any atom is 0.416 e. The predicted octanol–water partition coefficient (Wildman–Crippen LogP) is 4.78. The van der Waals surface area contributed by atoms with E-state index in [0.29, 0.717) is 12.1 Å². The number of aromatic nitrogens is 2. The number of nitrogens with one attached hydrogen (secondary N) is 2. The number of sulfonamides is 1. The van der Waals surface area contributed by atoms with E-state index >= 15 is 0 Å². The third-order valence-electron chi connectivity index (χ3n) is 4.42. The molecular formula is C19H16F6N4O2S. The highest BCUT2D eigenvalue weighted by Crippen LogP contribution is 2.39. The molecule has 3 aromatic rings. The van der Waals surface area contributed by atoms with Crippen LogP contribution in [0.2, 0.25) is 0 Å². The summed E-state index contributed by atoms with van der Waals surface area (Å²) in [6.07, 6.45) is -7.09. The second-order valence-electron chi connectivity index (χ2n) is 6.76. The van der Waals surface area contributed by atoms with Crippen molar-refractivity contribution in [2.24, 2.45) is 7.05 Å². The summed E-state index contributed by atoms with van der Waals surface area (Å²) in [6.45, 7) is 0. The van der Waals surface area contributed by atoms with E-state index < -0.39 is 39.2 Å². The molecule has 0 bridgehead atoms. The molecule has 1 aromatic heterocycles. The number of nitrogens with zero attached hydrogens (tertiary/aromatic N) is 2. The molecule has 0 saturated carbocycles. The van der Waals surface area contributed by atoms with E-state index in [4.69, 9.17) is 0 Å². The van der Waals surface area contributed by atoms with Crippen LogP contribution in [0.4, 0.5) is 37.7 Å². The molecular weight excluding hydrogens is 462 g/mol. The molecule has 0 aliphatic rings. The fraction of sp³-hybridized carbons (Fsp3) is 0.211. The Bertz CT molecular complexity index is 1220. The number of hydrogen-bond acceptors (Lipinski definition) is 4. The summed E-state index contributed by atoms with van der Waals surface area (Å²) in [7, 11) is -1.04. The van der Waals surface area contributed by atoms with Crippen molar-refractivity contribution >= 4 is 21.4 Å². The smallest absolute Gasteiger partial charge is 0.355 e. The largest absolute Gasteiger partial charge is 0.416 e. The fourth-order valence-corrected chi connectivity index (χ4v) is 3.62. The van der Waals surface area contributed by atoms with Crippen LogP contribution in [0.25, 0.3) is 11.3 Å². The molecule has 0 aliphatic heterocycles. The molecule has 0 spiro atoms. The van der Waals surface area contributed by atoms with Crippen molar-refractivity contribution in [2.75, 3.05) is 12.4 Å². The van der Waals surface area contributed by atoms with Gasteiger partial charge in [0.25, 0.3) is 0 Å². The predicted molar refractivity (Wildman–Crippen MR) is 105 cm³/mol. The van der Waals surface area contributed by atoms with Crippen molar-refractivity contribution in [2.45, 2.75) is 17.2 Å². The fourth-order valence-electron chi connectivity index (χ4n) is 2.86. The van der Waals surface area contributed by atoms with Crippen molar-refractivity contribution in [3.05, 3.63) is 60.0 Å². The standard InChI is InChI=1S/C19H16F6N4O2S/c1-26-32(30,31)14-3-4-16(15(8-14)17-9-29(2)10-27-17)28-13-6-11(18(20,21)22)5-12(7-13)19(23,24)25/h3-10,26,28H,1-2H3. The highest BCUT2D eigenvalue weighted by Gasteiger charge is 2.37. The Balaban J connectivity index is 2.16. The average molecular weight is 478 g/mol. The number of rotatable bonds is 5. The van der Waals surface area contributed by atoms with Crippen molar-refractivity contribution in [1.29, 1.82) is 0 Å². The van der Waals surface area contributed by atoms with Crippen molar-refractivity contribution in [3.63, 3.8) is 0 Å². The first-order chi connectivity index (χ1) is 14.7. The lowest BCUT2D eigenvalue weighted by Gasteiger charge is -2.17. The zero-order chi connectivity index (χ0) is 23.9. The molecule has 0 radical (unpaired) electrons. The first-order valence-corrected chi connectivity index (χ1v) is 10.3. The minimum absolute atomic E-state index is 0.0213. The minimum atomic E-state index is -5.01. The van der Waals surface area contributed by atoms with Gasteiger partial charge in [-0.25, -0.2) is 18.1 Å². The van der Waals surface area contributed by atoms with Crippen LogP contribution in [-0.2, 0) is 29.4 Å². The van der Waals surface area contributed by atoms with Gasteiger partial charge in [0.1, 0.15) is 0 Å². The summed E-state index contributed by atoms with van der Waals surface area (Å²) in [5.74, 6) is 0. The zero-order valence-electron chi connectivity index (χ0n) is 16.5. The molecule has 6 nitrogen and oxygen atoms in total. The maximum atomic E-state index is 13.2. The summed E-state index contributed by atoms with van der Waals surface area (Å²) in [6, 6.07) is 4.72. The molecule has 2 aromatic carbocycles. The highest BCUT2D eigenvalue weighted by atomic mass is 32.2. The van der Waals surface area contributed by atoms with Gasteiger partial charge in [0, 0.05) is 30.2 Å². The van der Waals surface area contributed by atoms with Gasteiger partial charge in [-0.05, 0) is 43.4 Å². The van der Waals surface area contributed by atoms with Crippen LogP contribution in [0.5, 0.6) is 0 Å². The minimum Gasteiger partial charge on any atom is -0.355 e. The van der Waals surface area contributed by atoms with Gasteiger partial charge < -0.3 is 9.88 Å². The van der Waals surface area contributed by atoms with Crippen molar-refractivity contribution < 1.29 is 34.8 Å². The number of hydrogen-bond donors (Lipinski definition) is 2. The molecule has 32 heavy (non-hydrogen) atoms. The summed E-state index contributed by atoms with van der Waals surface area (Å²) in [5.41, 5.74) is -2.97. The van der Waals surface area contributed by atoms with Crippen LogP contribution in [0.15, 0.2) is 53.8 Å². The van der Waals surface area contributed by atoms with Crippen LogP contribution in [0, 0.1) is 0 Å². The van der Waals surface area contributed by atoms with Gasteiger partial charge >= 0.3 is 12.4 Å². The van der Waals surface area contributed by atoms with E-state index in [0.717, 1.165) is 0 Å². The topological polar surface area (TPSA) is 76.0 Å². The summed E-state index contributed by atoms with van der Waals surface area (Å²) < 4.78 is 107. The highest BCUT2D eigenvalue weighted by molar-refractivity contribution is 7.89. The number of aryl methyl sites for hydroxylation is 1. The molecule has 0 fully saturated rings. The SMILES string of the molecule is CNS(=O)(=O)c1ccc(Nc2cc(C(F)(F)F)cc(C(F)(F)F)c2)c(-c2cn(C)cn2)c1. The quantitative estimate of drug-likeness (QED) is 0.518. The van der Waals surface area contributed by atoms with Gasteiger partial charge in [0.2, 0.25) is 10.0 Å². The lowest BCUT2D eigenvalue weighted by Crippen LogP contribution is -2.18. The Hall–Kier alpha value is -3.06. The van der Waals surface area contributed by atoms with Crippen LogP contribution in [-0.4, -0.2) is 25.0 Å². The summed E-state index contributed by atoms with van der Waals surface area (Å²) in [4.78, 5) is 3.94. The molecule has 1 heterocycles. The molecule has 3 rings (SSSR count). The van der Waals surface area contributed by atoms with Gasteiger partial charge in [-0.1, -0.05) is 0 Å². The Morgan fingerprint density at radius 3 is 2.00 bits per heavy atom. The number of imidazole rings is 1. The molecule has 0 aliphatic carbocycles. The van der Waals surface area contributed by atoms with E-state index in [9.17, 15) is 34.8 Å². The lowest BCUT2D eigenvalue weighted by atomic mass is 10.1. The molecule has 0 amide bonds. The van der Waals surface area contributed by atoms with Crippen molar-refractivity contribution in [3.8, 4) is 11.3 Å². The van der Waals surface area contributed by atoms with E-state index in [1.54, 1.807) is 11.6 Å². The Morgan fingerprint density at radius 1 is 0.938 bits per heavy atom. The summed E-state index contributed by atoms with van der Waals surface area (Å²) in [5, 5.41) is 2.54. The van der Waals surface area contributed by atoms with Gasteiger partial charge in [-0.15, -0.1) is 0 Å². The normalized spacial score (nSPS) is 12.8. The molecule has 2 N–H and O–H groups in total. The zero-order valence-corrected chi connectivity index (χ0v) is 17.3. The first-order valence-electron chi connectivity index (χ1n) is 8.83. The van der Waals surface area contributed by atoms with Crippen LogP contribution < -0.4 is 10.0 Å². The molecule has 13 heteroatoms.